The smallest absolute Gasteiger partial charge is 0.266 e. The van der Waals surface area contributed by atoms with Crippen LogP contribution in [-0.4, -0.2) is 52.3 Å². The molecule has 2 heterocycles. The predicted octanol–water partition coefficient (Wildman–Crippen LogP) is 7.43. The van der Waals surface area contributed by atoms with Gasteiger partial charge in [-0.3, -0.25) is 9.69 Å². The number of benzene rings is 3. The number of nitrogens with zero attached hydrogens (tertiary/aromatic N) is 3. The molecule has 1 aromatic heterocycles. The third-order valence-corrected chi connectivity index (χ3v) is 8.46. The highest BCUT2D eigenvalue weighted by Crippen LogP contribution is 2.36. The third kappa shape index (κ3) is 7.29. The Morgan fingerprint density at radius 1 is 0.977 bits per heavy atom. The van der Waals surface area contributed by atoms with Crippen LogP contribution in [0.4, 0.5) is 0 Å². The van der Waals surface area contributed by atoms with Gasteiger partial charge in [-0.2, -0.15) is 5.10 Å². The van der Waals surface area contributed by atoms with Crippen LogP contribution in [-0.2, 0) is 11.2 Å². The Hall–Kier alpha value is -4.08. The van der Waals surface area contributed by atoms with Gasteiger partial charge in [0, 0.05) is 23.9 Å². The highest BCUT2D eigenvalue weighted by Gasteiger charge is 2.32. The van der Waals surface area contributed by atoms with Crippen LogP contribution in [0.5, 0.6) is 17.2 Å². The molecule has 0 atom stereocenters. The fourth-order valence-corrected chi connectivity index (χ4v) is 5.96. The van der Waals surface area contributed by atoms with Crippen molar-refractivity contribution in [1.82, 2.24) is 14.7 Å². The number of ether oxygens (including phenoxy) is 3. The monoisotopic (exact) mass is 613 g/mol. The van der Waals surface area contributed by atoms with Gasteiger partial charge in [-0.25, -0.2) is 4.68 Å². The topological polar surface area (TPSA) is 65.8 Å². The molecule has 9 heteroatoms. The molecule has 0 unspecified atom stereocenters. The molecule has 1 amide bonds. The van der Waals surface area contributed by atoms with Crippen molar-refractivity contribution in [2.45, 2.75) is 26.7 Å². The maximum atomic E-state index is 13.5. The van der Waals surface area contributed by atoms with Gasteiger partial charge >= 0.3 is 0 Å². The lowest BCUT2D eigenvalue weighted by atomic mass is 10.1. The Morgan fingerprint density at radius 3 is 2.42 bits per heavy atom. The van der Waals surface area contributed by atoms with Crippen LogP contribution in [0.25, 0.3) is 23.0 Å². The summed E-state index contributed by atoms with van der Waals surface area (Å²) in [6.45, 7) is 5.51. The summed E-state index contributed by atoms with van der Waals surface area (Å²) in [5, 5.41) is 4.92. The highest BCUT2D eigenvalue weighted by atomic mass is 32.2. The molecule has 1 fully saturated rings. The largest absolute Gasteiger partial charge is 0.494 e. The molecule has 0 saturated carbocycles. The number of carbonyl (C=O) groups is 1. The number of thiocarbonyl (C=S) groups is 1. The molecule has 3 aromatic carbocycles. The van der Waals surface area contributed by atoms with Crippen molar-refractivity contribution in [2.75, 3.05) is 27.4 Å². The summed E-state index contributed by atoms with van der Waals surface area (Å²) < 4.78 is 19.1. The zero-order valence-corrected chi connectivity index (χ0v) is 26.4. The van der Waals surface area contributed by atoms with Crippen LogP contribution in [0.1, 0.15) is 31.4 Å². The Balaban J connectivity index is 1.39. The molecule has 43 heavy (non-hydrogen) atoms. The Bertz CT molecular complexity index is 1610. The van der Waals surface area contributed by atoms with Crippen molar-refractivity contribution >= 4 is 40.3 Å². The molecule has 0 N–H and O–H groups in total. The van der Waals surface area contributed by atoms with Crippen LogP contribution >= 0.6 is 24.0 Å². The van der Waals surface area contributed by atoms with Gasteiger partial charge in [-0.1, -0.05) is 62.1 Å². The summed E-state index contributed by atoms with van der Waals surface area (Å²) in [5.74, 6) is 2.62. The quantitative estimate of drug-likeness (QED) is 0.122. The summed E-state index contributed by atoms with van der Waals surface area (Å²) in [6, 6.07) is 23.6. The van der Waals surface area contributed by atoms with Crippen LogP contribution in [0.2, 0.25) is 0 Å². The summed E-state index contributed by atoms with van der Waals surface area (Å²) in [5.41, 5.74) is 4.49. The van der Waals surface area contributed by atoms with Gasteiger partial charge in [0.05, 0.1) is 37.1 Å². The molecule has 0 aliphatic carbocycles. The fraction of sp³-hybridized carbons (Fsp3) is 0.265. The molecule has 7 nitrogen and oxygen atoms in total. The summed E-state index contributed by atoms with van der Waals surface area (Å²) in [6.07, 6.45) is 5.47. The maximum Gasteiger partial charge on any atom is 0.266 e. The van der Waals surface area contributed by atoms with Gasteiger partial charge < -0.3 is 14.2 Å². The molecule has 0 bridgehead atoms. The lowest BCUT2D eigenvalue weighted by Gasteiger charge is -2.15. The molecule has 222 valence electrons. The first kappa shape index (κ1) is 30.4. The molecular weight excluding hydrogens is 579 g/mol. The van der Waals surface area contributed by atoms with Gasteiger partial charge in [-0.15, -0.1) is 0 Å². The highest BCUT2D eigenvalue weighted by molar-refractivity contribution is 8.26. The van der Waals surface area contributed by atoms with E-state index < -0.39 is 0 Å². The van der Waals surface area contributed by atoms with Crippen LogP contribution in [0.3, 0.4) is 0 Å². The molecule has 1 saturated heterocycles. The van der Waals surface area contributed by atoms with Gasteiger partial charge in [0.25, 0.3) is 5.91 Å². The Morgan fingerprint density at radius 2 is 1.72 bits per heavy atom. The number of amides is 1. The average molecular weight is 614 g/mol. The standard InChI is InChI=1S/C34H35N3O4S2/c1-23(2)17-19-41-28-13-11-25(12-14-28)32-26(22-37(35-32)27-8-6-5-7-9-27)21-31-33(38)36(34(42)43-31)18-16-24-10-15-29(39-3)30(20-24)40-4/h5-15,20-23H,16-19H2,1-4H3. The lowest BCUT2D eigenvalue weighted by Crippen LogP contribution is -2.30. The minimum atomic E-state index is -0.109. The first-order valence-corrected chi connectivity index (χ1v) is 15.4. The van der Waals surface area contributed by atoms with Gasteiger partial charge in [-0.05, 0) is 78.9 Å². The van der Waals surface area contributed by atoms with Gasteiger partial charge in [0.1, 0.15) is 10.1 Å². The predicted molar refractivity (Wildman–Crippen MR) is 177 cm³/mol. The first-order valence-electron chi connectivity index (χ1n) is 14.2. The second kappa shape index (κ2) is 13.9. The van der Waals surface area contributed by atoms with E-state index in [-0.39, 0.29) is 5.91 Å². The molecule has 5 rings (SSSR count). The van der Waals surface area contributed by atoms with Crippen molar-refractivity contribution in [1.29, 1.82) is 0 Å². The zero-order chi connectivity index (χ0) is 30.3. The van der Waals surface area contributed by atoms with E-state index in [9.17, 15) is 4.79 Å². The third-order valence-electron chi connectivity index (χ3n) is 7.09. The second-order valence-corrected chi connectivity index (χ2v) is 12.2. The number of methoxy groups -OCH3 is 2. The average Bonchev–Trinajstić information content (AvgIpc) is 3.56. The zero-order valence-electron chi connectivity index (χ0n) is 24.8. The van der Waals surface area contributed by atoms with E-state index in [4.69, 9.17) is 31.5 Å². The fourth-order valence-electron chi connectivity index (χ4n) is 4.66. The van der Waals surface area contributed by atoms with E-state index >= 15 is 0 Å². The maximum absolute atomic E-state index is 13.5. The summed E-state index contributed by atoms with van der Waals surface area (Å²) in [4.78, 5) is 15.8. The first-order chi connectivity index (χ1) is 20.9. The number of thioether (sulfide) groups is 1. The van der Waals surface area contributed by atoms with E-state index in [2.05, 4.69) is 13.8 Å². The normalized spacial score (nSPS) is 14.2. The van der Waals surface area contributed by atoms with Crippen LogP contribution in [0, 0.1) is 5.92 Å². The number of carbonyl (C=O) groups excluding carboxylic acids is 1. The van der Waals surface area contributed by atoms with Crippen molar-refractivity contribution in [3.8, 4) is 34.2 Å². The molecule has 0 spiro atoms. The molecule has 1 aliphatic heterocycles. The van der Waals surface area contributed by atoms with E-state index in [0.717, 1.165) is 40.2 Å². The van der Waals surface area contributed by atoms with E-state index in [1.165, 1.54) is 11.8 Å². The Kier molecular flexibility index (Phi) is 9.84. The van der Waals surface area contributed by atoms with E-state index in [1.54, 1.807) is 19.1 Å². The minimum Gasteiger partial charge on any atom is -0.494 e. The van der Waals surface area contributed by atoms with E-state index in [1.807, 2.05) is 89.8 Å². The van der Waals surface area contributed by atoms with Crippen LogP contribution in [0.15, 0.2) is 83.9 Å². The molecular formula is C34H35N3O4S2. The molecule has 0 radical (unpaired) electrons. The number of hydrogen-bond acceptors (Lipinski definition) is 7. The second-order valence-electron chi connectivity index (χ2n) is 10.5. The number of para-hydroxylation sites is 1. The lowest BCUT2D eigenvalue weighted by molar-refractivity contribution is -0.122. The SMILES string of the molecule is COc1ccc(CCN2C(=O)C(=Cc3cn(-c4ccccc4)nc3-c3ccc(OCCC(C)C)cc3)SC2=S)cc1OC. The minimum absolute atomic E-state index is 0.109. The molecule has 4 aromatic rings. The number of rotatable bonds is 12. The Labute approximate surface area is 262 Å². The van der Waals surface area contributed by atoms with Crippen molar-refractivity contribution < 1.29 is 19.0 Å². The van der Waals surface area contributed by atoms with Gasteiger partial charge in [0.15, 0.2) is 11.5 Å². The number of aromatic nitrogens is 2. The molecule has 1 aliphatic rings. The van der Waals surface area contributed by atoms with Crippen molar-refractivity contribution in [3.05, 3.63) is 95.0 Å². The van der Waals surface area contributed by atoms with Crippen molar-refractivity contribution in [2.24, 2.45) is 5.92 Å². The number of hydrogen-bond donors (Lipinski definition) is 0. The van der Waals surface area contributed by atoms with Gasteiger partial charge in [0.2, 0.25) is 0 Å². The van der Waals surface area contributed by atoms with Crippen molar-refractivity contribution in [3.63, 3.8) is 0 Å². The summed E-state index contributed by atoms with van der Waals surface area (Å²) in [7, 11) is 3.22. The van der Waals surface area contributed by atoms with Crippen LogP contribution < -0.4 is 14.2 Å². The van der Waals surface area contributed by atoms with E-state index in [0.29, 0.717) is 46.2 Å². The summed E-state index contributed by atoms with van der Waals surface area (Å²) >= 11 is 6.95.